The summed E-state index contributed by atoms with van der Waals surface area (Å²) in [4.78, 5) is 42.8. The number of ether oxygens (including phenoxy) is 3. The minimum absolute atomic E-state index is 0.00909. The first kappa shape index (κ1) is 29.6. The number of nitrogens with zero attached hydrogens (tertiary/aromatic N) is 2. The number of hydrogen-bond donors (Lipinski definition) is 2. The van der Waals surface area contributed by atoms with Crippen molar-refractivity contribution in [3.05, 3.63) is 77.6 Å². The van der Waals surface area contributed by atoms with Gasteiger partial charge < -0.3 is 34.4 Å². The molecule has 0 unspecified atom stereocenters. The highest BCUT2D eigenvalue weighted by Crippen LogP contribution is 2.41. The van der Waals surface area contributed by atoms with Crippen molar-refractivity contribution in [3.63, 3.8) is 0 Å². The molecule has 2 amide bonds. The second-order valence-corrected chi connectivity index (χ2v) is 10.9. The molecule has 0 radical (unpaired) electrons. The van der Waals surface area contributed by atoms with Gasteiger partial charge in [0.25, 0.3) is 5.91 Å². The van der Waals surface area contributed by atoms with Crippen molar-refractivity contribution >= 4 is 23.5 Å². The van der Waals surface area contributed by atoms with Gasteiger partial charge >= 0.3 is 5.97 Å². The molecule has 0 saturated carbocycles. The van der Waals surface area contributed by atoms with E-state index in [1.807, 2.05) is 55.5 Å². The molecule has 10 nitrogen and oxygen atoms in total. The number of allylic oxidation sites excluding steroid dienone is 1. The molecule has 2 fully saturated rings. The van der Waals surface area contributed by atoms with Crippen LogP contribution in [0.15, 0.2) is 66.4 Å². The van der Waals surface area contributed by atoms with Crippen LogP contribution in [0.2, 0.25) is 0 Å². The SMILES string of the molecule is CCO[C@@H]1OC(C(=O)N2CCC3(CC2)C(=O)NCN3c2ccccc2)=C[C@H](c2ccc(C(=O)OC)cc2)[C@H]1CCCO. The molecule has 2 aromatic rings. The van der Waals surface area contributed by atoms with Crippen molar-refractivity contribution in [2.24, 2.45) is 5.92 Å². The van der Waals surface area contributed by atoms with E-state index >= 15 is 0 Å². The summed E-state index contributed by atoms with van der Waals surface area (Å²) >= 11 is 0. The standard InChI is InChI=1S/C32H39N3O7/c1-3-41-30-25(10-7-19-36)26(22-11-13-23(14-12-22)29(38)40-2)20-27(42-30)28(37)34-17-15-32(16-18-34)31(39)33-21-35(32)24-8-5-4-6-9-24/h4-6,8-9,11-14,20,25-26,30,36H,3,7,10,15-19,21H2,1-2H3,(H,33,39)/t25-,26-,30-/m1/s1. The summed E-state index contributed by atoms with van der Waals surface area (Å²) in [5, 5.41) is 12.6. The van der Waals surface area contributed by atoms with Crippen molar-refractivity contribution in [1.29, 1.82) is 0 Å². The molecule has 2 saturated heterocycles. The fraction of sp³-hybridized carbons (Fsp3) is 0.469. The van der Waals surface area contributed by atoms with Crippen LogP contribution >= 0.6 is 0 Å². The largest absolute Gasteiger partial charge is 0.465 e. The number of methoxy groups -OCH3 is 1. The van der Waals surface area contributed by atoms with Crippen LogP contribution in [0.5, 0.6) is 0 Å². The van der Waals surface area contributed by atoms with E-state index in [9.17, 15) is 19.5 Å². The normalized spacial score (nSPS) is 23.3. The number of rotatable bonds is 9. The maximum atomic E-state index is 13.9. The Balaban J connectivity index is 1.38. The van der Waals surface area contributed by atoms with E-state index in [4.69, 9.17) is 14.2 Å². The van der Waals surface area contributed by atoms with Gasteiger partial charge in [0.05, 0.1) is 19.3 Å². The predicted molar refractivity (Wildman–Crippen MR) is 155 cm³/mol. The quantitative estimate of drug-likeness (QED) is 0.437. The Morgan fingerprint density at radius 2 is 1.81 bits per heavy atom. The second kappa shape index (κ2) is 13.0. The average Bonchev–Trinajstić information content (AvgIpc) is 3.34. The van der Waals surface area contributed by atoms with Crippen LogP contribution in [0.4, 0.5) is 5.69 Å². The molecule has 3 atom stereocenters. The van der Waals surface area contributed by atoms with Gasteiger partial charge in [0.15, 0.2) is 5.76 Å². The number of esters is 1. The maximum Gasteiger partial charge on any atom is 0.337 e. The van der Waals surface area contributed by atoms with Gasteiger partial charge in [-0.25, -0.2) is 4.79 Å². The zero-order valence-corrected chi connectivity index (χ0v) is 24.2. The molecule has 0 aliphatic carbocycles. The lowest BCUT2D eigenvalue weighted by Crippen LogP contribution is -2.57. The Morgan fingerprint density at radius 1 is 1.10 bits per heavy atom. The number of carbonyl (C=O) groups is 3. The van der Waals surface area contributed by atoms with Crippen molar-refractivity contribution < 1.29 is 33.7 Å². The van der Waals surface area contributed by atoms with Gasteiger partial charge in [-0.15, -0.1) is 0 Å². The van der Waals surface area contributed by atoms with Gasteiger partial charge in [0.1, 0.15) is 5.54 Å². The van der Waals surface area contributed by atoms with Crippen molar-refractivity contribution in [2.75, 3.05) is 45.0 Å². The van der Waals surface area contributed by atoms with E-state index in [1.165, 1.54) is 7.11 Å². The molecule has 42 heavy (non-hydrogen) atoms. The third kappa shape index (κ3) is 5.73. The summed E-state index contributed by atoms with van der Waals surface area (Å²) in [7, 11) is 1.34. The first-order valence-electron chi connectivity index (χ1n) is 14.6. The van der Waals surface area contributed by atoms with Gasteiger partial charge in [0, 0.05) is 43.8 Å². The lowest BCUT2D eigenvalue weighted by atomic mass is 9.80. The number of piperidine rings is 1. The topological polar surface area (TPSA) is 118 Å². The molecule has 224 valence electrons. The lowest BCUT2D eigenvalue weighted by molar-refractivity contribution is -0.171. The van der Waals surface area contributed by atoms with Crippen molar-refractivity contribution in [3.8, 4) is 0 Å². The van der Waals surface area contributed by atoms with Crippen LogP contribution in [-0.4, -0.2) is 79.7 Å². The number of amides is 2. The number of aliphatic hydroxyl groups is 1. The van der Waals surface area contributed by atoms with Crippen LogP contribution in [0.25, 0.3) is 0 Å². The minimum atomic E-state index is -0.701. The number of anilines is 1. The molecular weight excluding hydrogens is 538 g/mol. The van der Waals surface area contributed by atoms with Crippen LogP contribution in [-0.2, 0) is 23.8 Å². The van der Waals surface area contributed by atoms with E-state index in [-0.39, 0.29) is 36.0 Å². The number of likely N-dealkylation sites (tertiary alicyclic amines) is 1. The summed E-state index contributed by atoms with van der Waals surface area (Å²) in [5.41, 5.74) is 1.61. The van der Waals surface area contributed by atoms with E-state index < -0.39 is 17.8 Å². The lowest BCUT2D eigenvalue weighted by Gasteiger charge is -2.44. The Labute approximate surface area is 246 Å². The molecule has 2 aromatic carbocycles. The first-order chi connectivity index (χ1) is 20.4. The van der Waals surface area contributed by atoms with Gasteiger partial charge in [-0.2, -0.15) is 0 Å². The fourth-order valence-electron chi connectivity index (χ4n) is 6.36. The summed E-state index contributed by atoms with van der Waals surface area (Å²) in [6, 6.07) is 17.0. The summed E-state index contributed by atoms with van der Waals surface area (Å²) in [5.74, 6) is -0.848. The first-order valence-corrected chi connectivity index (χ1v) is 14.6. The Kier molecular flexibility index (Phi) is 9.13. The number of aliphatic hydroxyl groups excluding tert-OH is 1. The van der Waals surface area contributed by atoms with E-state index in [0.29, 0.717) is 57.6 Å². The van der Waals surface area contributed by atoms with E-state index in [1.54, 1.807) is 17.0 Å². The van der Waals surface area contributed by atoms with Crippen LogP contribution < -0.4 is 10.2 Å². The third-order valence-corrected chi connectivity index (χ3v) is 8.62. The predicted octanol–water partition coefficient (Wildman–Crippen LogP) is 3.18. The number of hydrogen-bond acceptors (Lipinski definition) is 8. The molecule has 0 bridgehead atoms. The van der Waals surface area contributed by atoms with Crippen LogP contribution in [0, 0.1) is 5.92 Å². The van der Waals surface area contributed by atoms with Gasteiger partial charge in [0.2, 0.25) is 12.2 Å². The smallest absolute Gasteiger partial charge is 0.337 e. The highest BCUT2D eigenvalue weighted by atomic mass is 16.7. The molecule has 3 aliphatic heterocycles. The Bertz CT molecular complexity index is 1290. The minimum Gasteiger partial charge on any atom is -0.465 e. The highest BCUT2D eigenvalue weighted by molar-refractivity contribution is 5.95. The highest BCUT2D eigenvalue weighted by Gasteiger charge is 2.51. The molecular formula is C32H39N3O7. The summed E-state index contributed by atoms with van der Waals surface area (Å²) < 4.78 is 17.0. The molecule has 10 heteroatoms. The maximum absolute atomic E-state index is 13.9. The molecule has 5 rings (SSSR count). The number of para-hydroxylation sites is 1. The zero-order valence-electron chi connectivity index (χ0n) is 24.2. The molecule has 3 aliphatic rings. The second-order valence-electron chi connectivity index (χ2n) is 10.9. The van der Waals surface area contributed by atoms with Gasteiger partial charge in [-0.05, 0) is 68.5 Å². The van der Waals surface area contributed by atoms with E-state index in [2.05, 4.69) is 10.2 Å². The summed E-state index contributed by atoms with van der Waals surface area (Å²) in [6.07, 6.45) is 3.34. The zero-order chi connectivity index (χ0) is 29.7. The van der Waals surface area contributed by atoms with Crippen LogP contribution in [0.1, 0.15) is 54.4 Å². The van der Waals surface area contributed by atoms with Crippen molar-refractivity contribution in [1.82, 2.24) is 10.2 Å². The van der Waals surface area contributed by atoms with Gasteiger partial charge in [-0.1, -0.05) is 30.3 Å². The Hall–Kier alpha value is -3.89. The monoisotopic (exact) mass is 577 g/mol. The number of nitrogens with one attached hydrogen (secondary N) is 1. The fourth-order valence-corrected chi connectivity index (χ4v) is 6.36. The van der Waals surface area contributed by atoms with E-state index in [0.717, 1.165) is 11.3 Å². The van der Waals surface area contributed by atoms with Gasteiger partial charge in [-0.3, -0.25) is 9.59 Å². The Morgan fingerprint density at radius 3 is 2.45 bits per heavy atom. The number of benzene rings is 2. The van der Waals surface area contributed by atoms with Crippen LogP contribution in [0.3, 0.4) is 0 Å². The van der Waals surface area contributed by atoms with Crippen molar-refractivity contribution in [2.45, 2.75) is 50.4 Å². The average molecular weight is 578 g/mol. The molecule has 0 aromatic heterocycles. The molecule has 2 N–H and O–H groups in total. The number of carbonyl (C=O) groups excluding carboxylic acids is 3. The molecule has 3 heterocycles. The molecule has 1 spiro atoms. The summed E-state index contributed by atoms with van der Waals surface area (Å²) in [6.45, 7) is 3.55. The third-order valence-electron chi connectivity index (χ3n) is 8.62.